The lowest BCUT2D eigenvalue weighted by Gasteiger charge is -2.18. The molecule has 164 valence electrons. The minimum atomic E-state index is -3.51. The van der Waals surface area contributed by atoms with Crippen molar-refractivity contribution in [1.82, 2.24) is 14.3 Å². The summed E-state index contributed by atoms with van der Waals surface area (Å²) in [6.07, 6.45) is 1.39. The van der Waals surface area contributed by atoms with Gasteiger partial charge in [-0.3, -0.25) is 0 Å². The number of methoxy groups -OCH3 is 1. The van der Waals surface area contributed by atoms with E-state index < -0.39 is 10.0 Å². The molecule has 3 aromatic rings. The van der Waals surface area contributed by atoms with Crippen LogP contribution in [0, 0.1) is 0 Å². The number of nitrogens with one attached hydrogen (secondary N) is 2. The summed E-state index contributed by atoms with van der Waals surface area (Å²) < 4.78 is 31.8. The SMILES string of the molecule is CCN(CC)S(=O)(=O)c1ccc(Nc2ncnc(Nc3ccc(OC)cc3)c2N)cc1. The molecule has 31 heavy (non-hydrogen) atoms. The highest BCUT2D eigenvalue weighted by molar-refractivity contribution is 7.89. The molecule has 4 N–H and O–H groups in total. The van der Waals surface area contributed by atoms with E-state index in [9.17, 15) is 8.42 Å². The summed E-state index contributed by atoms with van der Waals surface area (Å²) in [5, 5.41) is 6.26. The molecule has 0 aliphatic rings. The minimum absolute atomic E-state index is 0.235. The average Bonchev–Trinajstić information content (AvgIpc) is 2.78. The van der Waals surface area contributed by atoms with Crippen molar-refractivity contribution in [2.24, 2.45) is 0 Å². The van der Waals surface area contributed by atoms with Crippen LogP contribution in [-0.4, -0.2) is 42.9 Å². The van der Waals surface area contributed by atoms with Gasteiger partial charge in [-0.2, -0.15) is 4.31 Å². The quantitative estimate of drug-likeness (QED) is 0.459. The van der Waals surface area contributed by atoms with Crippen LogP contribution in [0.2, 0.25) is 0 Å². The predicted molar refractivity (Wildman–Crippen MR) is 123 cm³/mol. The summed E-state index contributed by atoms with van der Waals surface area (Å²) in [4.78, 5) is 8.63. The van der Waals surface area contributed by atoms with Gasteiger partial charge in [0.15, 0.2) is 11.6 Å². The molecule has 0 amide bonds. The fraction of sp³-hybridized carbons (Fsp3) is 0.238. The number of benzene rings is 2. The fourth-order valence-electron chi connectivity index (χ4n) is 2.97. The van der Waals surface area contributed by atoms with Crippen LogP contribution < -0.4 is 21.1 Å². The fourth-order valence-corrected chi connectivity index (χ4v) is 4.42. The standard InChI is InChI=1S/C21H26N6O3S/c1-4-27(5-2)31(28,29)18-12-8-16(9-13-18)26-21-19(22)20(23-14-24-21)25-15-6-10-17(30-3)11-7-15/h6-14H,4-5,22H2,1-3H3,(H2,23,24,25,26). The van der Waals surface area contributed by atoms with Crippen LogP contribution in [0.25, 0.3) is 0 Å². The molecule has 9 nitrogen and oxygen atoms in total. The van der Waals surface area contributed by atoms with Crippen LogP contribution in [0.3, 0.4) is 0 Å². The second-order valence-electron chi connectivity index (χ2n) is 6.58. The Morgan fingerprint density at radius 1 is 0.903 bits per heavy atom. The summed E-state index contributed by atoms with van der Waals surface area (Å²) >= 11 is 0. The van der Waals surface area contributed by atoms with Crippen LogP contribution >= 0.6 is 0 Å². The summed E-state index contributed by atoms with van der Waals surface area (Å²) in [5.74, 6) is 1.60. The van der Waals surface area contributed by atoms with Gasteiger partial charge in [-0.05, 0) is 48.5 Å². The van der Waals surface area contributed by atoms with Crippen molar-refractivity contribution in [1.29, 1.82) is 0 Å². The minimum Gasteiger partial charge on any atom is -0.497 e. The number of hydrogen-bond donors (Lipinski definition) is 3. The summed E-state index contributed by atoms with van der Waals surface area (Å²) in [7, 11) is -1.90. The zero-order valence-electron chi connectivity index (χ0n) is 17.7. The first kappa shape index (κ1) is 22.3. The summed E-state index contributed by atoms with van der Waals surface area (Å²) in [6, 6.07) is 13.8. The van der Waals surface area contributed by atoms with Gasteiger partial charge in [0.1, 0.15) is 17.8 Å². The number of aromatic nitrogens is 2. The van der Waals surface area contributed by atoms with Crippen molar-refractivity contribution in [3.05, 3.63) is 54.9 Å². The average molecular weight is 443 g/mol. The number of ether oxygens (including phenoxy) is 1. The van der Waals surface area contributed by atoms with Gasteiger partial charge in [-0.1, -0.05) is 13.8 Å². The Bertz CT molecular complexity index is 1110. The maximum absolute atomic E-state index is 12.6. The van der Waals surface area contributed by atoms with Crippen LogP contribution in [0.1, 0.15) is 13.8 Å². The first-order valence-corrected chi connectivity index (χ1v) is 11.2. The van der Waals surface area contributed by atoms with Crippen LogP contribution in [0.15, 0.2) is 59.8 Å². The molecule has 1 aromatic heterocycles. The van der Waals surface area contributed by atoms with Crippen molar-refractivity contribution in [2.45, 2.75) is 18.7 Å². The number of rotatable bonds is 9. The van der Waals surface area contributed by atoms with E-state index in [0.717, 1.165) is 11.4 Å². The molecular formula is C21H26N6O3S. The van der Waals surface area contributed by atoms with Crippen molar-refractivity contribution in [3.63, 3.8) is 0 Å². The van der Waals surface area contributed by atoms with E-state index in [1.54, 1.807) is 31.4 Å². The molecule has 1 heterocycles. The van der Waals surface area contributed by atoms with E-state index in [0.29, 0.717) is 36.1 Å². The molecule has 0 bridgehead atoms. The third-order valence-electron chi connectivity index (χ3n) is 4.70. The summed E-state index contributed by atoms with van der Waals surface area (Å²) in [6.45, 7) is 4.46. The molecule has 0 spiro atoms. The Morgan fingerprint density at radius 2 is 1.39 bits per heavy atom. The van der Waals surface area contributed by atoms with Crippen LogP contribution in [-0.2, 0) is 10.0 Å². The highest BCUT2D eigenvalue weighted by Crippen LogP contribution is 2.29. The molecule has 0 atom stereocenters. The van der Waals surface area contributed by atoms with Gasteiger partial charge < -0.3 is 21.1 Å². The van der Waals surface area contributed by atoms with E-state index in [2.05, 4.69) is 20.6 Å². The predicted octanol–water partition coefficient (Wildman–Crippen LogP) is 3.59. The Labute approximate surface area is 182 Å². The van der Waals surface area contributed by atoms with Crippen molar-refractivity contribution >= 4 is 38.7 Å². The Hall–Kier alpha value is -3.37. The number of nitrogens with zero attached hydrogens (tertiary/aromatic N) is 3. The number of nitrogens with two attached hydrogens (primary N) is 1. The number of hydrogen-bond acceptors (Lipinski definition) is 8. The van der Waals surface area contributed by atoms with Gasteiger partial charge in [0.25, 0.3) is 0 Å². The molecular weight excluding hydrogens is 416 g/mol. The molecule has 3 rings (SSSR count). The van der Waals surface area contributed by atoms with E-state index in [1.807, 2.05) is 38.1 Å². The zero-order valence-corrected chi connectivity index (χ0v) is 18.5. The molecule has 0 saturated carbocycles. The van der Waals surface area contributed by atoms with Crippen molar-refractivity contribution in [3.8, 4) is 5.75 Å². The largest absolute Gasteiger partial charge is 0.497 e. The van der Waals surface area contributed by atoms with Crippen LogP contribution in [0.5, 0.6) is 5.75 Å². The molecule has 0 unspecified atom stereocenters. The van der Waals surface area contributed by atoms with Gasteiger partial charge in [-0.25, -0.2) is 18.4 Å². The molecule has 10 heteroatoms. The molecule has 0 radical (unpaired) electrons. The second kappa shape index (κ2) is 9.63. The summed E-state index contributed by atoms with van der Waals surface area (Å²) in [5.41, 5.74) is 8.01. The third-order valence-corrected chi connectivity index (χ3v) is 6.76. The second-order valence-corrected chi connectivity index (χ2v) is 8.51. The van der Waals surface area contributed by atoms with Gasteiger partial charge >= 0.3 is 0 Å². The molecule has 2 aromatic carbocycles. The number of nitrogen functional groups attached to an aromatic ring is 1. The lowest BCUT2D eigenvalue weighted by atomic mass is 10.3. The first-order valence-electron chi connectivity index (χ1n) is 9.77. The first-order chi connectivity index (χ1) is 14.9. The maximum Gasteiger partial charge on any atom is 0.243 e. The van der Waals surface area contributed by atoms with Gasteiger partial charge in [0, 0.05) is 24.5 Å². The van der Waals surface area contributed by atoms with Gasteiger partial charge in [-0.15, -0.1) is 0 Å². The third kappa shape index (κ3) is 5.04. The van der Waals surface area contributed by atoms with Crippen molar-refractivity contribution < 1.29 is 13.2 Å². The lowest BCUT2D eigenvalue weighted by molar-refractivity contribution is 0.415. The molecule has 0 saturated heterocycles. The van der Waals surface area contributed by atoms with E-state index >= 15 is 0 Å². The number of anilines is 5. The Balaban J connectivity index is 1.77. The highest BCUT2D eigenvalue weighted by Gasteiger charge is 2.21. The Kier molecular flexibility index (Phi) is 6.93. The molecule has 0 aliphatic carbocycles. The highest BCUT2D eigenvalue weighted by atomic mass is 32.2. The van der Waals surface area contributed by atoms with E-state index in [4.69, 9.17) is 10.5 Å². The monoisotopic (exact) mass is 442 g/mol. The lowest BCUT2D eigenvalue weighted by Crippen LogP contribution is -2.30. The van der Waals surface area contributed by atoms with Crippen LogP contribution in [0.4, 0.5) is 28.7 Å². The topological polar surface area (TPSA) is 122 Å². The smallest absolute Gasteiger partial charge is 0.243 e. The molecule has 0 aliphatic heterocycles. The number of sulfonamides is 1. The molecule has 0 fully saturated rings. The van der Waals surface area contributed by atoms with E-state index in [-0.39, 0.29) is 4.90 Å². The normalized spacial score (nSPS) is 11.4. The van der Waals surface area contributed by atoms with Gasteiger partial charge in [0.2, 0.25) is 10.0 Å². The Morgan fingerprint density at radius 3 is 1.84 bits per heavy atom. The van der Waals surface area contributed by atoms with Gasteiger partial charge in [0.05, 0.1) is 12.0 Å². The zero-order chi connectivity index (χ0) is 22.4. The maximum atomic E-state index is 12.6. The van der Waals surface area contributed by atoms with E-state index in [1.165, 1.54) is 10.6 Å². The van der Waals surface area contributed by atoms with Crippen molar-refractivity contribution in [2.75, 3.05) is 36.6 Å².